The molecule has 0 saturated carbocycles. The number of hydrazine groups is 1. The zero-order valence-corrected chi connectivity index (χ0v) is 9.79. The first-order valence-corrected chi connectivity index (χ1v) is 5.78. The van der Waals surface area contributed by atoms with Crippen molar-refractivity contribution in [2.75, 3.05) is 11.9 Å². The highest BCUT2D eigenvalue weighted by molar-refractivity contribution is 6.07. The number of unbranched alkanes of at least 4 members (excludes halogenated alkanes) is 1. The highest BCUT2D eigenvalue weighted by atomic mass is 16.2. The van der Waals surface area contributed by atoms with Gasteiger partial charge in [0.2, 0.25) is 5.96 Å². The molecule has 0 spiro atoms. The number of rotatable bonds is 3. The molecule has 0 bridgehead atoms. The van der Waals surface area contributed by atoms with Gasteiger partial charge in [-0.15, -0.1) is 0 Å². The minimum atomic E-state index is -0.159. The topological polar surface area (TPSA) is 65.5 Å². The van der Waals surface area contributed by atoms with E-state index in [1.54, 1.807) is 6.07 Å². The molecule has 0 atom stereocenters. The van der Waals surface area contributed by atoms with Crippen LogP contribution in [0.15, 0.2) is 29.3 Å². The van der Waals surface area contributed by atoms with Gasteiger partial charge in [-0.1, -0.05) is 25.5 Å². The molecular weight excluding hydrogens is 216 g/mol. The van der Waals surface area contributed by atoms with E-state index in [-0.39, 0.29) is 5.91 Å². The van der Waals surface area contributed by atoms with E-state index >= 15 is 0 Å². The first-order chi connectivity index (χ1) is 8.31. The van der Waals surface area contributed by atoms with Crippen molar-refractivity contribution in [1.82, 2.24) is 10.9 Å². The van der Waals surface area contributed by atoms with Crippen molar-refractivity contribution in [3.05, 3.63) is 29.8 Å². The minimum absolute atomic E-state index is 0.159. The third-order valence-corrected chi connectivity index (χ3v) is 2.50. The maximum absolute atomic E-state index is 11.7. The molecule has 0 fully saturated rings. The highest BCUT2D eigenvalue weighted by Crippen LogP contribution is 2.15. The molecule has 17 heavy (non-hydrogen) atoms. The number of amides is 1. The van der Waals surface area contributed by atoms with E-state index in [2.05, 4.69) is 28.1 Å². The molecule has 90 valence electrons. The molecule has 0 unspecified atom stereocenters. The largest absolute Gasteiger partial charge is 0.324 e. The number of para-hydroxylation sites is 1. The number of nitrogens with one attached hydrogen (secondary N) is 3. The van der Waals surface area contributed by atoms with Crippen LogP contribution >= 0.6 is 0 Å². The van der Waals surface area contributed by atoms with Crippen molar-refractivity contribution < 1.29 is 4.79 Å². The number of carbonyl (C=O) groups is 1. The Morgan fingerprint density at radius 3 is 2.88 bits per heavy atom. The third-order valence-electron chi connectivity index (χ3n) is 2.50. The molecule has 0 saturated heterocycles. The summed E-state index contributed by atoms with van der Waals surface area (Å²) in [4.78, 5) is 16.1. The first-order valence-electron chi connectivity index (χ1n) is 5.78. The van der Waals surface area contributed by atoms with Gasteiger partial charge in [-0.25, -0.2) is 0 Å². The van der Waals surface area contributed by atoms with Gasteiger partial charge in [0.05, 0.1) is 11.3 Å². The van der Waals surface area contributed by atoms with Crippen molar-refractivity contribution >= 4 is 17.6 Å². The average Bonchev–Trinajstić information content (AvgIpc) is 2.50. The second kappa shape index (κ2) is 5.34. The summed E-state index contributed by atoms with van der Waals surface area (Å²) < 4.78 is 0. The van der Waals surface area contributed by atoms with Crippen molar-refractivity contribution in [1.29, 1.82) is 0 Å². The van der Waals surface area contributed by atoms with Crippen LogP contribution in [0.4, 0.5) is 5.69 Å². The van der Waals surface area contributed by atoms with Crippen LogP contribution in [0.2, 0.25) is 0 Å². The molecule has 2 rings (SSSR count). The van der Waals surface area contributed by atoms with Crippen LogP contribution in [0.1, 0.15) is 30.1 Å². The van der Waals surface area contributed by atoms with Crippen LogP contribution < -0.4 is 16.2 Å². The summed E-state index contributed by atoms with van der Waals surface area (Å²) >= 11 is 0. The SMILES string of the molecule is CCCCN=C1NNC(=O)c2ccccc2N1. The fourth-order valence-electron chi connectivity index (χ4n) is 1.56. The average molecular weight is 232 g/mol. The van der Waals surface area contributed by atoms with E-state index in [1.807, 2.05) is 18.2 Å². The Morgan fingerprint density at radius 2 is 2.06 bits per heavy atom. The van der Waals surface area contributed by atoms with Crippen LogP contribution in [0.5, 0.6) is 0 Å². The summed E-state index contributed by atoms with van der Waals surface area (Å²) in [5.41, 5.74) is 6.75. The van der Waals surface area contributed by atoms with Crippen molar-refractivity contribution in [3.63, 3.8) is 0 Å². The van der Waals surface area contributed by atoms with Gasteiger partial charge in [-0.3, -0.25) is 20.6 Å². The first kappa shape index (κ1) is 11.4. The highest BCUT2D eigenvalue weighted by Gasteiger charge is 2.16. The van der Waals surface area contributed by atoms with Crippen LogP contribution in [0.3, 0.4) is 0 Å². The maximum atomic E-state index is 11.7. The van der Waals surface area contributed by atoms with Crippen LogP contribution in [-0.4, -0.2) is 18.4 Å². The molecule has 1 amide bonds. The Hall–Kier alpha value is -2.04. The lowest BCUT2D eigenvalue weighted by Crippen LogP contribution is -2.42. The predicted octanol–water partition coefficient (Wildman–Crippen LogP) is 1.50. The fraction of sp³-hybridized carbons (Fsp3) is 0.333. The summed E-state index contributed by atoms with van der Waals surface area (Å²) in [6, 6.07) is 7.35. The minimum Gasteiger partial charge on any atom is -0.324 e. The normalized spacial score (nSPS) is 16.5. The molecule has 5 heteroatoms. The Bertz CT molecular complexity index is 442. The molecule has 1 heterocycles. The Labute approximate surface area is 100 Å². The number of aliphatic imine (C=N–C) groups is 1. The zero-order chi connectivity index (χ0) is 12.1. The summed E-state index contributed by atoms with van der Waals surface area (Å²) in [5.74, 6) is 0.422. The van der Waals surface area contributed by atoms with Gasteiger partial charge >= 0.3 is 0 Å². The number of hydrogen-bond acceptors (Lipinski definition) is 2. The van der Waals surface area contributed by atoms with E-state index < -0.39 is 0 Å². The van der Waals surface area contributed by atoms with Crippen molar-refractivity contribution in [2.45, 2.75) is 19.8 Å². The van der Waals surface area contributed by atoms with Crippen molar-refractivity contribution in [2.24, 2.45) is 4.99 Å². The molecule has 5 nitrogen and oxygen atoms in total. The third kappa shape index (κ3) is 2.75. The van der Waals surface area contributed by atoms with E-state index in [0.717, 1.165) is 25.1 Å². The number of hydrogen-bond donors (Lipinski definition) is 3. The van der Waals surface area contributed by atoms with E-state index in [1.165, 1.54) is 0 Å². The number of nitrogens with zero attached hydrogens (tertiary/aromatic N) is 1. The summed E-state index contributed by atoms with van der Waals surface area (Å²) in [6.45, 7) is 2.86. The maximum Gasteiger partial charge on any atom is 0.271 e. The number of anilines is 1. The summed E-state index contributed by atoms with van der Waals surface area (Å²) in [6.07, 6.45) is 2.13. The summed E-state index contributed by atoms with van der Waals surface area (Å²) in [5, 5.41) is 3.10. The molecular formula is C12H16N4O. The molecule has 0 aromatic heterocycles. The number of carbonyl (C=O) groups excluding carboxylic acids is 1. The molecule has 1 aliphatic heterocycles. The van der Waals surface area contributed by atoms with Crippen LogP contribution in [0.25, 0.3) is 0 Å². The number of guanidine groups is 1. The quantitative estimate of drug-likeness (QED) is 0.692. The molecule has 3 N–H and O–H groups in total. The lowest BCUT2D eigenvalue weighted by Gasteiger charge is -2.07. The van der Waals surface area contributed by atoms with Gasteiger partial charge in [0.1, 0.15) is 0 Å². The summed E-state index contributed by atoms with van der Waals surface area (Å²) in [7, 11) is 0. The predicted molar refractivity (Wildman–Crippen MR) is 67.9 cm³/mol. The van der Waals surface area contributed by atoms with Crippen molar-refractivity contribution in [3.8, 4) is 0 Å². The second-order valence-corrected chi connectivity index (χ2v) is 3.83. The molecule has 0 radical (unpaired) electrons. The number of benzene rings is 1. The van der Waals surface area contributed by atoms with Gasteiger partial charge < -0.3 is 5.32 Å². The van der Waals surface area contributed by atoms with E-state index in [9.17, 15) is 4.79 Å². The van der Waals surface area contributed by atoms with Crippen LogP contribution in [-0.2, 0) is 0 Å². The molecule has 1 aliphatic rings. The molecule has 0 aliphatic carbocycles. The van der Waals surface area contributed by atoms with Gasteiger partial charge in [0.15, 0.2) is 0 Å². The van der Waals surface area contributed by atoms with Gasteiger partial charge in [0, 0.05) is 6.54 Å². The van der Waals surface area contributed by atoms with Gasteiger partial charge in [-0.05, 0) is 18.6 Å². The van der Waals surface area contributed by atoms with E-state index in [0.29, 0.717) is 11.5 Å². The Kier molecular flexibility index (Phi) is 3.59. The Balaban J connectivity index is 2.17. The fourth-order valence-corrected chi connectivity index (χ4v) is 1.56. The monoisotopic (exact) mass is 232 g/mol. The lowest BCUT2D eigenvalue weighted by molar-refractivity contribution is 0.0946. The van der Waals surface area contributed by atoms with E-state index in [4.69, 9.17) is 0 Å². The Morgan fingerprint density at radius 1 is 1.24 bits per heavy atom. The smallest absolute Gasteiger partial charge is 0.271 e. The number of fused-ring (bicyclic) bond motifs is 1. The van der Waals surface area contributed by atoms with Crippen LogP contribution in [0, 0.1) is 0 Å². The molecule has 1 aromatic rings. The second-order valence-electron chi connectivity index (χ2n) is 3.83. The van der Waals surface area contributed by atoms with Gasteiger partial charge in [0.25, 0.3) is 5.91 Å². The van der Waals surface area contributed by atoms with Gasteiger partial charge in [-0.2, -0.15) is 0 Å². The molecule has 1 aromatic carbocycles. The lowest BCUT2D eigenvalue weighted by atomic mass is 10.2. The standard InChI is InChI=1S/C12H16N4O/c1-2-3-8-13-12-14-10-7-5-4-6-9(10)11(17)15-16-12/h4-7H,2-3,8H2,1H3,(H,15,17)(H2,13,14,16). The zero-order valence-electron chi connectivity index (χ0n) is 9.79.